The molecule has 0 fully saturated rings. The smallest absolute Gasteiger partial charge is 0.407 e. The summed E-state index contributed by atoms with van der Waals surface area (Å²) < 4.78 is 10.9. The van der Waals surface area contributed by atoms with Crippen LogP contribution in [0.25, 0.3) is 10.9 Å². The molecule has 8 heteroatoms. The molecule has 1 amide bonds. The van der Waals surface area contributed by atoms with Gasteiger partial charge in [-0.25, -0.2) is 4.79 Å². The van der Waals surface area contributed by atoms with Crippen molar-refractivity contribution in [1.82, 2.24) is 10.3 Å². The number of fused-ring (bicyclic) bond motifs is 1. The highest BCUT2D eigenvalue weighted by atomic mass is 16.6. The number of nitrogens with one attached hydrogen (secondary N) is 2. The van der Waals surface area contributed by atoms with Crippen molar-refractivity contribution >= 4 is 28.9 Å². The minimum absolute atomic E-state index is 0.199. The molecule has 230 valence electrons. The number of rotatable bonds is 21. The van der Waals surface area contributed by atoms with Gasteiger partial charge in [0, 0.05) is 36.5 Å². The zero-order valence-electron chi connectivity index (χ0n) is 25.5. The maximum Gasteiger partial charge on any atom is 0.407 e. The molecule has 0 saturated carbocycles. The van der Waals surface area contributed by atoms with Crippen LogP contribution in [0.3, 0.4) is 0 Å². The number of aliphatic carboxylic acids is 1. The predicted octanol–water partition coefficient (Wildman–Crippen LogP) is 8.47. The van der Waals surface area contributed by atoms with Gasteiger partial charge in [-0.2, -0.15) is 0 Å². The third-order valence-electron chi connectivity index (χ3n) is 7.05. The molecule has 2 rings (SSSR count). The number of unbranched alkanes of at least 4 members (excludes halogenated alkanes) is 13. The van der Waals surface area contributed by atoms with Gasteiger partial charge >= 0.3 is 18.0 Å². The second-order valence-corrected chi connectivity index (χ2v) is 12.0. The summed E-state index contributed by atoms with van der Waals surface area (Å²) in [5.41, 5.74) is 1.47. The number of benzene rings is 1. The first-order valence-electron chi connectivity index (χ1n) is 15.6. The van der Waals surface area contributed by atoms with Gasteiger partial charge in [0.2, 0.25) is 0 Å². The highest BCUT2D eigenvalue weighted by Crippen LogP contribution is 2.25. The molecule has 0 bridgehead atoms. The van der Waals surface area contributed by atoms with Crippen LogP contribution in [0.2, 0.25) is 0 Å². The Morgan fingerprint density at radius 1 is 0.805 bits per heavy atom. The third kappa shape index (κ3) is 16.1. The Morgan fingerprint density at radius 2 is 1.34 bits per heavy atom. The normalized spacial score (nSPS) is 11.5. The molecule has 0 aliphatic rings. The van der Waals surface area contributed by atoms with Crippen molar-refractivity contribution < 1.29 is 29.0 Å². The number of H-pyrrole nitrogens is 1. The Labute approximate surface area is 246 Å². The van der Waals surface area contributed by atoms with E-state index in [1.165, 1.54) is 51.4 Å². The molecule has 1 heterocycles. The number of aromatic amines is 1. The minimum atomic E-state index is -0.687. The molecule has 0 aliphatic heterocycles. The van der Waals surface area contributed by atoms with E-state index < -0.39 is 17.7 Å². The molecule has 0 saturated heterocycles. The lowest BCUT2D eigenvalue weighted by atomic mass is 10.0. The number of amides is 1. The quantitative estimate of drug-likeness (QED) is 0.0784. The summed E-state index contributed by atoms with van der Waals surface area (Å²) in [5.74, 6) is -0.343. The number of carbonyl (C=O) groups is 3. The number of carboxylic acids is 1. The van der Waals surface area contributed by atoms with Crippen molar-refractivity contribution in [3.63, 3.8) is 0 Å². The fourth-order valence-corrected chi connectivity index (χ4v) is 4.89. The molecule has 41 heavy (non-hydrogen) atoms. The molecule has 1 aromatic carbocycles. The standard InChI is InChI=1S/C33H52N2O6/c1-33(2,3)41-32(39)34-23-22-26-25-35-29-21-20-27(24-28(26)29)40-31(38)19-17-15-13-11-9-7-5-4-6-8-10-12-14-16-18-30(36)37/h20-21,24-25,35H,4-19,22-23H2,1-3H3,(H,34,39)(H,36,37). The van der Waals surface area contributed by atoms with E-state index in [-0.39, 0.29) is 5.97 Å². The fourth-order valence-electron chi connectivity index (χ4n) is 4.89. The van der Waals surface area contributed by atoms with E-state index in [4.69, 9.17) is 14.6 Å². The number of alkyl carbamates (subject to hydrolysis) is 1. The van der Waals surface area contributed by atoms with Gasteiger partial charge in [0.05, 0.1) is 0 Å². The lowest BCUT2D eigenvalue weighted by Gasteiger charge is -2.19. The number of ether oxygens (including phenoxy) is 2. The lowest BCUT2D eigenvalue weighted by Crippen LogP contribution is -2.33. The van der Waals surface area contributed by atoms with Crippen molar-refractivity contribution in [3.8, 4) is 5.75 Å². The van der Waals surface area contributed by atoms with Gasteiger partial charge in [-0.05, 0) is 63.8 Å². The summed E-state index contributed by atoms with van der Waals surface area (Å²) in [6.45, 7) is 5.95. The maximum absolute atomic E-state index is 12.4. The van der Waals surface area contributed by atoms with Gasteiger partial charge in [-0.3, -0.25) is 9.59 Å². The zero-order valence-corrected chi connectivity index (χ0v) is 25.5. The predicted molar refractivity (Wildman–Crippen MR) is 163 cm³/mol. The molecule has 2 aromatic rings. The van der Waals surface area contributed by atoms with E-state index in [0.29, 0.717) is 31.6 Å². The van der Waals surface area contributed by atoms with Crippen molar-refractivity contribution in [2.45, 2.75) is 136 Å². The summed E-state index contributed by atoms with van der Waals surface area (Å²) in [6.07, 6.45) is 19.0. The number of esters is 1. The van der Waals surface area contributed by atoms with Gasteiger partial charge in [0.15, 0.2) is 0 Å². The van der Waals surface area contributed by atoms with E-state index in [1.54, 1.807) is 0 Å². The van der Waals surface area contributed by atoms with Crippen LogP contribution in [0.4, 0.5) is 4.79 Å². The number of carboxylic acid groups (broad SMARTS) is 1. The van der Waals surface area contributed by atoms with Crippen molar-refractivity contribution in [1.29, 1.82) is 0 Å². The van der Waals surface area contributed by atoms with E-state index in [9.17, 15) is 14.4 Å². The molecule has 8 nitrogen and oxygen atoms in total. The summed E-state index contributed by atoms with van der Waals surface area (Å²) >= 11 is 0. The SMILES string of the molecule is CC(C)(C)OC(=O)NCCc1c[nH]c2ccc(OC(=O)CCCCCCCCCCCCCCCCC(=O)O)cc12. The van der Waals surface area contributed by atoms with Gasteiger partial charge in [-0.1, -0.05) is 77.0 Å². The van der Waals surface area contributed by atoms with Gasteiger partial charge in [0.25, 0.3) is 0 Å². The second-order valence-electron chi connectivity index (χ2n) is 12.0. The molecule has 0 aliphatic carbocycles. The van der Waals surface area contributed by atoms with Crippen LogP contribution in [0.5, 0.6) is 5.75 Å². The van der Waals surface area contributed by atoms with Crippen molar-refractivity contribution in [2.75, 3.05) is 6.54 Å². The average Bonchev–Trinajstić information content (AvgIpc) is 3.29. The van der Waals surface area contributed by atoms with E-state index >= 15 is 0 Å². The molecular formula is C33H52N2O6. The minimum Gasteiger partial charge on any atom is -0.481 e. The summed E-state index contributed by atoms with van der Waals surface area (Å²) in [4.78, 5) is 38.0. The second kappa shape index (κ2) is 19.2. The molecule has 0 unspecified atom stereocenters. The third-order valence-corrected chi connectivity index (χ3v) is 7.05. The molecule has 3 N–H and O–H groups in total. The van der Waals surface area contributed by atoms with E-state index in [1.807, 2.05) is 45.2 Å². The van der Waals surface area contributed by atoms with Crippen LogP contribution in [-0.4, -0.2) is 40.3 Å². The van der Waals surface area contributed by atoms with E-state index in [2.05, 4.69) is 10.3 Å². The van der Waals surface area contributed by atoms with Gasteiger partial charge < -0.3 is 24.9 Å². The van der Waals surface area contributed by atoms with Crippen LogP contribution in [0.15, 0.2) is 24.4 Å². The maximum atomic E-state index is 12.4. The number of aromatic nitrogens is 1. The first kappa shape index (κ1) is 34.2. The summed E-state index contributed by atoms with van der Waals surface area (Å²) in [7, 11) is 0. The molecular weight excluding hydrogens is 520 g/mol. The molecule has 0 atom stereocenters. The van der Waals surface area contributed by atoms with Crippen LogP contribution in [0, 0.1) is 0 Å². The van der Waals surface area contributed by atoms with Crippen molar-refractivity contribution in [2.24, 2.45) is 0 Å². The zero-order chi connectivity index (χ0) is 29.9. The number of carbonyl (C=O) groups excluding carboxylic acids is 2. The summed E-state index contributed by atoms with van der Waals surface area (Å²) in [6, 6.07) is 5.60. The Morgan fingerprint density at radius 3 is 1.88 bits per heavy atom. The van der Waals surface area contributed by atoms with Crippen LogP contribution < -0.4 is 10.1 Å². The Kier molecular flexibility index (Phi) is 16.0. The first-order valence-corrected chi connectivity index (χ1v) is 15.6. The van der Waals surface area contributed by atoms with E-state index in [0.717, 1.165) is 55.0 Å². The molecule has 0 spiro atoms. The Balaban J connectivity index is 1.51. The van der Waals surface area contributed by atoms with Crippen LogP contribution in [-0.2, 0) is 20.7 Å². The van der Waals surface area contributed by atoms with Crippen LogP contribution >= 0.6 is 0 Å². The topological polar surface area (TPSA) is 118 Å². The first-order chi connectivity index (χ1) is 19.6. The van der Waals surface area contributed by atoms with Crippen LogP contribution in [0.1, 0.15) is 129 Å². The highest BCUT2D eigenvalue weighted by Gasteiger charge is 2.16. The van der Waals surface area contributed by atoms with Gasteiger partial charge in [-0.15, -0.1) is 0 Å². The average molecular weight is 573 g/mol. The monoisotopic (exact) mass is 572 g/mol. The van der Waals surface area contributed by atoms with Crippen molar-refractivity contribution in [3.05, 3.63) is 30.0 Å². The molecule has 1 aromatic heterocycles. The summed E-state index contributed by atoms with van der Waals surface area (Å²) in [5, 5.41) is 12.4. The Hall–Kier alpha value is -3.03. The Bertz CT molecular complexity index is 1060. The largest absolute Gasteiger partial charge is 0.481 e. The molecule has 0 radical (unpaired) electrons. The number of hydrogen-bond acceptors (Lipinski definition) is 5. The van der Waals surface area contributed by atoms with Gasteiger partial charge in [0.1, 0.15) is 11.4 Å². The highest BCUT2D eigenvalue weighted by molar-refractivity contribution is 5.85. The lowest BCUT2D eigenvalue weighted by molar-refractivity contribution is -0.137. The number of hydrogen-bond donors (Lipinski definition) is 3. The fraction of sp³-hybridized carbons (Fsp3) is 0.667.